The minimum Gasteiger partial charge on any atom is -0.394 e. The number of rotatable bonds is 49. The van der Waals surface area contributed by atoms with Crippen LogP contribution in [0.5, 0.6) is 0 Å². The van der Waals surface area contributed by atoms with Crippen LogP contribution in [0.3, 0.4) is 0 Å². The molecule has 0 heterocycles. The third-order valence-electron chi connectivity index (χ3n) is 12.3. The molecule has 0 aromatic heterocycles. The van der Waals surface area contributed by atoms with E-state index in [2.05, 4.69) is 43.5 Å². The molecule has 4 nitrogen and oxygen atoms in total. The number of aliphatic hydroxyl groups excluding tert-OH is 2. The minimum atomic E-state index is -0.862. The predicted molar refractivity (Wildman–Crippen MR) is 262 cm³/mol. The number of allylic oxidation sites excluding steroid dienone is 5. The molecule has 0 saturated carbocycles. The molecule has 0 aromatic carbocycles. The Morgan fingerprint density at radius 3 is 0.983 bits per heavy atom. The maximum atomic E-state index is 12.4. The van der Waals surface area contributed by atoms with Gasteiger partial charge in [-0.3, -0.25) is 4.79 Å². The molecule has 0 spiro atoms. The second kappa shape index (κ2) is 51.0. The molecular weight excluding hydrogens is 723 g/mol. The van der Waals surface area contributed by atoms with Gasteiger partial charge in [-0.15, -0.1) is 0 Å². The van der Waals surface area contributed by atoms with Crippen molar-refractivity contribution < 1.29 is 15.0 Å². The molecule has 2 unspecified atom stereocenters. The largest absolute Gasteiger partial charge is 0.394 e. The van der Waals surface area contributed by atoms with Crippen LogP contribution in [-0.2, 0) is 4.79 Å². The molecule has 0 bridgehead atoms. The van der Waals surface area contributed by atoms with Crippen molar-refractivity contribution in [3.05, 3.63) is 36.5 Å². The van der Waals surface area contributed by atoms with Crippen LogP contribution in [-0.4, -0.2) is 34.9 Å². The van der Waals surface area contributed by atoms with Gasteiger partial charge in [0.1, 0.15) is 0 Å². The Morgan fingerprint density at radius 2 is 0.661 bits per heavy atom. The Morgan fingerprint density at radius 1 is 0.390 bits per heavy atom. The first-order chi connectivity index (χ1) is 29.2. The van der Waals surface area contributed by atoms with Crippen molar-refractivity contribution in [2.45, 2.75) is 302 Å². The summed E-state index contributed by atoms with van der Waals surface area (Å²) in [5.41, 5.74) is 0. The fourth-order valence-electron chi connectivity index (χ4n) is 8.25. The summed E-state index contributed by atoms with van der Waals surface area (Å²) in [6.45, 7) is 4.32. The SMILES string of the molecule is CCCCCCCCCC/C=C\CCCCCCCCCCCCCCCC(=O)NC(CO)C(O)/C=C/CC/C=C/CCCCCCCCCCCCCCCCCC. The lowest BCUT2D eigenvalue weighted by atomic mass is 10.0. The number of hydrogen-bond acceptors (Lipinski definition) is 3. The van der Waals surface area contributed by atoms with Crippen LogP contribution in [0.4, 0.5) is 0 Å². The van der Waals surface area contributed by atoms with Crippen LogP contribution >= 0.6 is 0 Å². The van der Waals surface area contributed by atoms with Gasteiger partial charge >= 0.3 is 0 Å². The zero-order chi connectivity index (χ0) is 42.8. The van der Waals surface area contributed by atoms with Crippen molar-refractivity contribution in [3.63, 3.8) is 0 Å². The van der Waals surface area contributed by atoms with Gasteiger partial charge in [-0.25, -0.2) is 0 Å². The average Bonchev–Trinajstić information content (AvgIpc) is 3.24. The molecule has 0 rings (SSSR count). The van der Waals surface area contributed by atoms with Gasteiger partial charge in [0.2, 0.25) is 5.91 Å². The van der Waals surface area contributed by atoms with Gasteiger partial charge in [-0.05, 0) is 57.8 Å². The molecule has 0 aromatic rings. The lowest BCUT2D eigenvalue weighted by Crippen LogP contribution is -2.45. The van der Waals surface area contributed by atoms with Crippen LogP contribution in [0, 0.1) is 0 Å². The highest BCUT2D eigenvalue weighted by Crippen LogP contribution is 2.16. The second-order valence-electron chi connectivity index (χ2n) is 18.3. The molecule has 0 fully saturated rings. The molecule has 4 heteroatoms. The number of hydrogen-bond donors (Lipinski definition) is 3. The molecule has 0 radical (unpaired) electrons. The van der Waals surface area contributed by atoms with Crippen molar-refractivity contribution >= 4 is 5.91 Å². The Kier molecular flexibility index (Phi) is 49.8. The van der Waals surface area contributed by atoms with Crippen LogP contribution < -0.4 is 5.32 Å². The van der Waals surface area contributed by atoms with Gasteiger partial charge in [-0.1, -0.05) is 262 Å². The minimum absolute atomic E-state index is 0.0703. The number of aliphatic hydroxyl groups is 2. The summed E-state index contributed by atoms with van der Waals surface area (Å²) >= 11 is 0. The lowest BCUT2D eigenvalue weighted by molar-refractivity contribution is -0.123. The molecule has 0 aliphatic carbocycles. The van der Waals surface area contributed by atoms with E-state index < -0.39 is 12.1 Å². The maximum absolute atomic E-state index is 12.4. The Balaban J connectivity index is 3.53. The molecule has 0 aliphatic rings. The van der Waals surface area contributed by atoms with Gasteiger partial charge < -0.3 is 15.5 Å². The molecule has 2 atom stereocenters. The second-order valence-corrected chi connectivity index (χ2v) is 18.3. The third kappa shape index (κ3) is 47.5. The number of carbonyl (C=O) groups is 1. The van der Waals surface area contributed by atoms with Crippen molar-refractivity contribution in [3.8, 4) is 0 Å². The highest BCUT2D eigenvalue weighted by molar-refractivity contribution is 5.76. The van der Waals surface area contributed by atoms with E-state index in [0.29, 0.717) is 6.42 Å². The Hall–Kier alpha value is -1.39. The van der Waals surface area contributed by atoms with Gasteiger partial charge in [0.15, 0.2) is 0 Å². The van der Waals surface area contributed by atoms with Gasteiger partial charge in [0, 0.05) is 6.42 Å². The van der Waals surface area contributed by atoms with Crippen molar-refractivity contribution in [2.75, 3.05) is 6.61 Å². The first kappa shape index (κ1) is 57.6. The zero-order valence-electron chi connectivity index (χ0n) is 40.0. The molecule has 3 N–H and O–H groups in total. The van der Waals surface area contributed by atoms with Crippen molar-refractivity contribution in [2.24, 2.45) is 0 Å². The maximum Gasteiger partial charge on any atom is 0.220 e. The van der Waals surface area contributed by atoms with E-state index in [1.165, 1.54) is 238 Å². The molecule has 348 valence electrons. The average molecular weight is 828 g/mol. The summed E-state index contributed by atoms with van der Waals surface area (Å²) in [5, 5.41) is 23.1. The summed E-state index contributed by atoms with van der Waals surface area (Å²) < 4.78 is 0. The summed E-state index contributed by atoms with van der Waals surface area (Å²) in [4.78, 5) is 12.4. The van der Waals surface area contributed by atoms with E-state index in [9.17, 15) is 15.0 Å². The number of amides is 1. The summed E-state index contributed by atoms with van der Waals surface area (Å²) in [6.07, 6.45) is 68.7. The van der Waals surface area contributed by atoms with E-state index in [-0.39, 0.29) is 12.5 Å². The Labute approximate surface area is 370 Å². The van der Waals surface area contributed by atoms with Crippen molar-refractivity contribution in [1.82, 2.24) is 5.32 Å². The molecule has 59 heavy (non-hydrogen) atoms. The van der Waals surface area contributed by atoms with E-state index in [1.54, 1.807) is 6.08 Å². The van der Waals surface area contributed by atoms with E-state index in [0.717, 1.165) is 32.1 Å². The molecule has 1 amide bonds. The van der Waals surface area contributed by atoms with Crippen LogP contribution in [0.2, 0.25) is 0 Å². The van der Waals surface area contributed by atoms with E-state index in [4.69, 9.17) is 0 Å². The van der Waals surface area contributed by atoms with Gasteiger partial charge in [0.25, 0.3) is 0 Å². The third-order valence-corrected chi connectivity index (χ3v) is 12.3. The molecule has 0 saturated heterocycles. The van der Waals surface area contributed by atoms with Gasteiger partial charge in [-0.2, -0.15) is 0 Å². The lowest BCUT2D eigenvalue weighted by Gasteiger charge is -2.19. The van der Waals surface area contributed by atoms with Crippen molar-refractivity contribution in [1.29, 1.82) is 0 Å². The summed E-state index contributed by atoms with van der Waals surface area (Å²) in [5.74, 6) is -0.0703. The Bertz CT molecular complexity index is 897. The zero-order valence-corrected chi connectivity index (χ0v) is 40.0. The number of unbranched alkanes of at least 4 members (excludes halogenated alkanes) is 38. The number of nitrogens with one attached hydrogen (secondary N) is 1. The first-order valence-corrected chi connectivity index (χ1v) is 26.7. The van der Waals surface area contributed by atoms with E-state index >= 15 is 0 Å². The van der Waals surface area contributed by atoms with E-state index in [1.807, 2.05) is 6.08 Å². The van der Waals surface area contributed by atoms with Crippen LogP contribution in [0.25, 0.3) is 0 Å². The van der Waals surface area contributed by atoms with Gasteiger partial charge in [0.05, 0.1) is 18.8 Å². The monoisotopic (exact) mass is 828 g/mol. The fourth-order valence-corrected chi connectivity index (χ4v) is 8.25. The normalized spacial score (nSPS) is 13.1. The van der Waals surface area contributed by atoms with Crippen LogP contribution in [0.15, 0.2) is 36.5 Å². The number of carbonyl (C=O) groups excluding carboxylic acids is 1. The fraction of sp³-hybridized carbons (Fsp3) is 0.873. The smallest absolute Gasteiger partial charge is 0.220 e. The highest BCUT2D eigenvalue weighted by atomic mass is 16.3. The summed E-state index contributed by atoms with van der Waals surface area (Å²) in [6, 6.07) is -0.638. The standard InChI is InChI=1S/C55H105NO3/c1-3-5-7-9-11-13-15-17-19-21-23-25-27-28-29-31-33-35-37-39-41-43-45-47-49-51-55(59)56-53(52-57)54(58)50-48-46-44-42-40-38-36-34-32-30-26-24-22-20-18-16-14-12-10-8-6-4-2/h21,23,40,42,48,50,53-54,57-58H,3-20,22,24-39,41,43-47,49,51-52H2,1-2H3,(H,56,59)/b23-21-,42-40+,50-48+. The topological polar surface area (TPSA) is 69.6 Å². The molecular formula is C55H105NO3. The van der Waals surface area contributed by atoms with Crippen LogP contribution in [0.1, 0.15) is 290 Å². The first-order valence-electron chi connectivity index (χ1n) is 26.7. The summed E-state index contributed by atoms with van der Waals surface area (Å²) in [7, 11) is 0. The quantitative estimate of drug-likeness (QED) is 0.0423. The molecule has 0 aliphatic heterocycles. The highest BCUT2D eigenvalue weighted by Gasteiger charge is 2.17. The predicted octanol–water partition coefficient (Wildman–Crippen LogP) is 17.3.